The second-order valence-electron chi connectivity index (χ2n) is 8.31. The maximum Gasteiger partial charge on any atom is 0.137 e. The summed E-state index contributed by atoms with van der Waals surface area (Å²) in [6.07, 6.45) is 3.28. The van der Waals surface area contributed by atoms with Crippen molar-refractivity contribution >= 4 is 28.7 Å². The van der Waals surface area contributed by atoms with Gasteiger partial charge < -0.3 is 15.4 Å². The van der Waals surface area contributed by atoms with Crippen molar-refractivity contribution in [2.75, 3.05) is 30.4 Å². The average Bonchev–Trinajstić information content (AvgIpc) is 3.31. The number of nitrogens with zero attached hydrogens (tertiary/aromatic N) is 3. The van der Waals surface area contributed by atoms with Crippen molar-refractivity contribution in [2.24, 2.45) is 5.41 Å². The van der Waals surface area contributed by atoms with Gasteiger partial charge in [0.15, 0.2) is 0 Å². The van der Waals surface area contributed by atoms with Gasteiger partial charge in [0.05, 0.1) is 35.9 Å². The lowest BCUT2D eigenvalue weighted by atomic mass is 9.85. The topological polar surface area (TPSA) is 64.0 Å². The second-order valence-corrected chi connectivity index (χ2v) is 8.72. The minimum Gasteiger partial charge on any atom is -0.384 e. The highest BCUT2D eigenvalue weighted by Crippen LogP contribution is 2.36. The Labute approximate surface area is 196 Å². The number of benzene rings is 3. The van der Waals surface area contributed by atoms with Gasteiger partial charge in [-0.05, 0) is 42.0 Å². The minimum atomic E-state index is -0.366. The second kappa shape index (κ2) is 9.21. The van der Waals surface area contributed by atoms with Gasteiger partial charge >= 0.3 is 0 Å². The smallest absolute Gasteiger partial charge is 0.137 e. The Kier molecular flexibility index (Phi) is 5.98. The van der Waals surface area contributed by atoms with E-state index in [-0.39, 0.29) is 11.2 Å². The lowest BCUT2D eigenvalue weighted by Crippen LogP contribution is -2.50. The fourth-order valence-corrected chi connectivity index (χ4v) is 4.17. The molecule has 0 bridgehead atoms. The van der Waals surface area contributed by atoms with Gasteiger partial charge in [-0.15, -0.1) is 0 Å². The van der Waals surface area contributed by atoms with Crippen LogP contribution in [0.15, 0.2) is 79.4 Å². The Bertz CT molecular complexity index is 1230. The molecule has 33 heavy (non-hydrogen) atoms. The minimum absolute atomic E-state index is 0.0415. The summed E-state index contributed by atoms with van der Waals surface area (Å²) < 4.78 is 20.8. The van der Waals surface area contributed by atoms with Crippen molar-refractivity contribution in [3.8, 4) is 11.1 Å². The molecule has 0 saturated carbocycles. The molecular weight excluding hydrogens is 441 g/mol. The molecule has 1 fully saturated rings. The number of rotatable bonds is 8. The monoisotopic (exact) mass is 463 g/mol. The van der Waals surface area contributed by atoms with Crippen LogP contribution in [0.3, 0.4) is 0 Å². The summed E-state index contributed by atoms with van der Waals surface area (Å²) in [5.41, 5.74) is 4.62. The van der Waals surface area contributed by atoms with Crippen LogP contribution in [0.2, 0.25) is 5.02 Å². The number of aromatic nitrogens is 3. The first kappa shape index (κ1) is 21.4. The van der Waals surface area contributed by atoms with Crippen molar-refractivity contribution in [1.82, 2.24) is 14.8 Å². The van der Waals surface area contributed by atoms with Crippen molar-refractivity contribution in [3.05, 3.63) is 90.2 Å². The van der Waals surface area contributed by atoms with Gasteiger partial charge in [-0.2, -0.15) is 5.10 Å². The third kappa shape index (κ3) is 4.84. The van der Waals surface area contributed by atoms with E-state index in [0.29, 0.717) is 23.9 Å². The van der Waals surface area contributed by atoms with Crippen LogP contribution in [-0.4, -0.2) is 34.5 Å². The Balaban J connectivity index is 1.40. The van der Waals surface area contributed by atoms with Crippen LogP contribution in [-0.2, 0) is 11.3 Å². The van der Waals surface area contributed by atoms with E-state index in [1.807, 2.05) is 35.0 Å². The van der Waals surface area contributed by atoms with Gasteiger partial charge in [-0.25, -0.2) is 9.37 Å². The van der Waals surface area contributed by atoms with Gasteiger partial charge in [0.1, 0.15) is 18.5 Å². The first-order valence-electron chi connectivity index (χ1n) is 10.7. The molecule has 1 aliphatic heterocycles. The van der Waals surface area contributed by atoms with Crippen LogP contribution >= 0.6 is 11.6 Å². The molecule has 0 radical (unpaired) electrons. The number of hydrogen-bond donors (Lipinski definition) is 2. The SMILES string of the molecule is Fc1ccc(Nc2ccc(NCC3(Cn4cncn4)COC3)c(-c3ccccc3)c2)c(Cl)c1. The molecule has 0 aliphatic carbocycles. The largest absolute Gasteiger partial charge is 0.384 e. The average molecular weight is 464 g/mol. The van der Waals surface area contributed by atoms with E-state index in [1.54, 1.807) is 18.7 Å². The number of hydrogen-bond acceptors (Lipinski definition) is 5. The molecule has 5 rings (SSSR count). The van der Waals surface area contributed by atoms with Crippen LogP contribution in [0.1, 0.15) is 0 Å². The van der Waals surface area contributed by atoms with E-state index >= 15 is 0 Å². The predicted molar refractivity (Wildman–Crippen MR) is 128 cm³/mol. The number of halogens is 2. The zero-order chi connectivity index (χ0) is 22.7. The molecule has 168 valence electrons. The van der Waals surface area contributed by atoms with E-state index in [4.69, 9.17) is 16.3 Å². The van der Waals surface area contributed by atoms with E-state index in [9.17, 15) is 4.39 Å². The summed E-state index contributed by atoms with van der Waals surface area (Å²) in [5, 5.41) is 11.5. The van der Waals surface area contributed by atoms with E-state index in [1.165, 1.54) is 12.1 Å². The van der Waals surface area contributed by atoms with Crippen molar-refractivity contribution < 1.29 is 9.13 Å². The highest BCUT2D eigenvalue weighted by atomic mass is 35.5. The van der Waals surface area contributed by atoms with Crippen LogP contribution in [0.25, 0.3) is 11.1 Å². The summed E-state index contributed by atoms with van der Waals surface area (Å²) in [5.74, 6) is -0.366. The zero-order valence-corrected chi connectivity index (χ0v) is 18.6. The molecule has 4 aromatic rings. The molecule has 0 spiro atoms. The van der Waals surface area contributed by atoms with Gasteiger partial charge in [0, 0.05) is 23.5 Å². The molecule has 8 heteroatoms. The van der Waals surface area contributed by atoms with Gasteiger partial charge in [-0.3, -0.25) is 4.68 Å². The molecule has 0 unspecified atom stereocenters. The van der Waals surface area contributed by atoms with Gasteiger partial charge in [-0.1, -0.05) is 41.9 Å². The summed E-state index contributed by atoms with van der Waals surface area (Å²) in [4.78, 5) is 4.05. The third-order valence-electron chi connectivity index (χ3n) is 5.75. The first-order valence-corrected chi connectivity index (χ1v) is 11.0. The van der Waals surface area contributed by atoms with E-state index in [0.717, 1.165) is 35.6 Å². The maximum atomic E-state index is 13.4. The Morgan fingerprint density at radius 1 is 1.03 bits per heavy atom. The highest BCUT2D eigenvalue weighted by Gasteiger charge is 2.39. The highest BCUT2D eigenvalue weighted by molar-refractivity contribution is 6.33. The summed E-state index contributed by atoms with van der Waals surface area (Å²) >= 11 is 6.21. The van der Waals surface area contributed by atoms with Crippen molar-refractivity contribution in [1.29, 1.82) is 0 Å². The fourth-order valence-electron chi connectivity index (χ4n) is 3.96. The predicted octanol–water partition coefficient (Wildman–Crippen LogP) is 5.61. The van der Waals surface area contributed by atoms with Crippen LogP contribution < -0.4 is 10.6 Å². The Hall–Kier alpha value is -3.42. The molecule has 6 nitrogen and oxygen atoms in total. The molecule has 2 N–H and O–H groups in total. The van der Waals surface area contributed by atoms with Crippen LogP contribution in [0.4, 0.5) is 21.5 Å². The molecule has 3 aromatic carbocycles. The molecule has 1 saturated heterocycles. The molecule has 0 atom stereocenters. The Morgan fingerprint density at radius 2 is 1.85 bits per heavy atom. The molecular formula is C25H23ClFN5O. The maximum absolute atomic E-state index is 13.4. The Morgan fingerprint density at radius 3 is 2.55 bits per heavy atom. The third-order valence-corrected chi connectivity index (χ3v) is 6.06. The molecule has 0 amide bonds. The number of ether oxygens (including phenoxy) is 1. The van der Waals surface area contributed by atoms with Crippen molar-refractivity contribution in [2.45, 2.75) is 6.54 Å². The molecule has 1 aromatic heterocycles. The zero-order valence-electron chi connectivity index (χ0n) is 17.8. The number of anilines is 3. The first-order chi connectivity index (χ1) is 16.1. The summed E-state index contributed by atoms with van der Waals surface area (Å²) in [6.45, 7) is 2.82. The lowest BCUT2D eigenvalue weighted by Gasteiger charge is -2.41. The number of nitrogens with one attached hydrogen (secondary N) is 2. The van der Waals surface area contributed by atoms with E-state index < -0.39 is 0 Å². The van der Waals surface area contributed by atoms with Crippen molar-refractivity contribution in [3.63, 3.8) is 0 Å². The van der Waals surface area contributed by atoms with E-state index in [2.05, 4.69) is 38.9 Å². The molecule has 2 heterocycles. The van der Waals surface area contributed by atoms with Gasteiger partial charge in [0.2, 0.25) is 0 Å². The van der Waals surface area contributed by atoms with Gasteiger partial charge in [0.25, 0.3) is 0 Å². The van der Waals surface area contributed by atoms with Crippen LogP contribution in [0.5, 0.6) is 0 Å². The summed E-state index contributed by atoms with van der Waals surface area (Å²) in [7, 11) is 0. The lowest BCUT2D eigenvalue weighted by molar-refractivity contribution is -0.114. The normalized spacial score (nSPS) is 14.5. The molecule has 1 aliphatic rings. The fraction of sp³-hybridized carbons (Fsp3) is 0.200. The standard InChI is InChI=1S/C25H23ClFN5O/c26-22-10-19(27)6-8-24(22)31-20-7-9-23(21(11-20)18-4-2-1-3-5-18)29-12-25(14-33-15-25)13-32-17-28-16-30-32/h1-11,16-17,29,31H,12-15H2. The summed E-state index contributed by atoms with van der Waals surface area (Å²) in [6, 6.07) is 20.6. The van der Waals surface area contributed by atoms with Crippen LogP contribution in [0, 0.1) is 11.2 Å². The quantitative estimate of drug-likeness (QED) is 0.355.